The molecule has 0 aliphatic rings. The van der Waals surface area contributed by atoms with Gasteiger partial charge in [0, 0.05) is 22.1 Å². The normalized spacial score (nSPS) is 10.9. The molecule has 0 unspecified atom stereocenters. The van der Waals surface area contributed by atoms with E-state index in [4.69, 9.17) is 4.74 Å². The molecule has 4 aromatic rings. The van der Waals surface area contributed by atoms with Gasteiger partial charge < -0.3 is 4.74 Å². The topological polar surface area (TPSA) is 35.0 Å². The van der Waals surface area contributed by atoms with Gasteiger partial charge in [0.2, 0.25) is 0 Å². The molecule has 0 spiro atoms. The van der Waals surface area contributed by atoms with Crippen molar-refractivity contribution in [3.05, 3.63) is 102 Å². The number of rotatable bonds is 4. The lowest BCUT2D eigenvalue weighted by molar-refractivity contribution is 0.359. The van der Waals surface area contributed by atoms with Crippen molar-refractivity contribution in [1.82, 2.24) is 9.97 Å². The zero-order valence-corrected chi connectivity index (χ0v) is 17.1. The summed E-state index contributed by atoms with van der Waals surface area (Å²) >= 11 is 0. The molecule has 6 heteroatoms. The molecule has 3 nitrogen and oxygen atoms in total. The van der Waals surface area contributed by atoms with Gasteiger partial charge in [-0.3, -0.25) is 0 Å². The van der Waals surface area contributed by atoms with Crippen molar-refractivity contribution in [1.29, 1.82) is 0 Å². The molecule has 0 aliphatic heterocycles. The van der Waals surface area contributed by atoms with Crippen LogP contribution in [0.3, 0.4) is 0 Å². The van der Waals surface area contributed by atoms with E-state index in [9.17, 15) is 13.2 Å². The predicted octanol–water partition coefficient (Wildman–Crippen LogP) is 6.07. The number of hydrogen-bond donors (Lipinski definition) is 0. The van der Waals surface area contributed by atoms with Crippen LogP contribution < -0.4 is 4.74 Å². The number of nitrogens with zero attached hydrogens (tertiary/aromatic N) is 2. The number of hydrogen-bond acceptors (Lipinski definition) is 3. The Morgan fingerprint density at radius 2 is 1.56 bits per heavy atom. The van der Waals surface area contributed by atoms with Crippen molar-refractivity contribution in [2.24, 2.45) is 0 Å². The third-order valence-corrected chi connectivity index (χ3v) is 4.68. The summed E-state index contributed by atoms with van der Waals surface area (Å²) in [6, 6.07) is 12.8. The maximum absolute atomic E-state index is 13.8. The van der Waals surface area contributed by atoms with Crippen molar-refractivity contribution in [2.75, 3.05) is 6.61 Å². The average molecular weight is 430 g/mol. The van der Waals surface area contributed by atoms with Crippen LogP contribution in [0.1, 0.15) is 18.1 Å². The number of benzene rings is 3. The molecule has 0 atom stereocenters. The van der Waals surface area contributed by atoms with Gasteiger partial charge in [-0.1, -0.05) is 30.1 Å². The number of allylic oxidation sites excluding steroid dienone is 1. The van der Waals surface area contributed by atoms with Crippen molar-refractivity contribution in [3.63, 3.8) is 0 Å². The lowest BCUT2D eigenvalue weighted by Crippen LogP contribution is -1.96. The van der Waals surface area contributed by atoms with Gasteiger partial charge >= 0.3 is 0 Å². The van der Waals surface area contributed by atoms with Gasteiger partial charge in [0.05, 0.1) is 12.4 Å². The van der Waals surface area contributed by atoms with Crippen molar-refractivity contribution >= 4 is 10.8 Å². The summed E-state index contributed by atoms with van der Waals surface area (Å²) in [7, 11) is 0. The summed E-state index contributed by atoms with van der Waals surface area (Å²) in [4.78, 5) is 8.63. The second-order valence-electron chi connectivity index (χ2n) is 6.87. The molecule has 158 valence electrons. The van der Waals surface area contributed by atoms with Gasteiger partial charge in [-0.05, 0) is 54.8 Å². The SMILES string of the molecule is C/C=C/COc1cnc(-c2ccc(C#Cc3ccc4c(F)c(F)c(F)cc4c3)cc2)nc1. The third-order valence-electron chi connectivity index (χ3n) is 4.68. The minimum absolute atomic E-state index is 0.0112. The molecular formula is C26H17F3N2O. The first kappa shape index (κ1) is 21.1. The Morgan fingerprint density at radius 1 is 0.875 bits per heavy atom. The number of fused-ring (bicyclic) bond motifs is 1. The largest absolute Gasteiger partial charge is 0.486 e. The molecule has 0 fully saturated rings. The summed E-state index contributed by atoms with van der Waals surface area (Å²) in [5.41, 5.74) is 2.13. The molecule has 0 amide bonds. The van der Waals surface area contributed by atoms with Crippen LogP contribution in [0.4, 0.5) is 13.2 Å². The fourth-order valence-electron chi connectivity index (χ4n) is 3.01. The Morgan fingerprint density at radius 3 is 2.28 bits per heavy atom. The number of halogens is 3. The Balaban J connectivity index is 1.50. The van der Waals surface area contributed by atoms with E-state index in [-0.39, 0.29) is 10.8 Å². The van der Waals surface area contributed by atoms with Gasteiger partial charge in [0.15, 0.2) is 29.0 Å². The number of aromatic nitrogens is 2. The first-order chi connectivity index (χ1) is 15.5. The molecule has 1 aromatic heterocycles. The number of ether oxygens (including phenoxy) is 1. The highest BCUT2D eigenvalue weighted by atomic mass is 19.2. The summed E-state index contributed by atoms with van der Waals surface area (Å²) in [6.45, 7) is 2.38. The van der Waals surface area contributed by atoms with Gasteiger partial charge in [-0.15, -0.1) is 0 Å². The van der Waals surface area contributed by atoms with Gasteiger partial charge in [-0.2, -0.15) is 0 Å². The fraction of sp³-hybridized carbons (Fsp3) is 0.0769. The van der Waals surface area contributed by atoms with Crippen LogP contribution in [0.5, 0.6) is 5.75 Å². The molecule has 3 aromatic carbocycles. The minimum atomic E-state index is -1.48. The fourth-order valence-corrected chi connectivity index (χ4v) is 3.01. The predicted molar refractivity (Wildman–Crippen MR) is 118 cm³/mol. The van der Waals surface area contributed by atoms with Gasteiger partial charge in [0.1, 0.15) is 6.61 Å². The summed E-state index contributed by atoms with van der Waals surface area (Å²) < 4.78 is 46.2. The molecule has 0 N–H and O–H groups in total. The van der Waals surface area contributed by atoms with E-state index in [0.29, 0.717) is 23.7 Å². The van der Waals surface area contributed by atoms with Crippen LogP contribution in [0.2, 0.25) is 0 Å². The molecule has 0 bridgehead atoms. The monoisotopic (exact) mass is 430 g/mol. The second-order valence-corrected chi connectivity index (χ2v) is 6.87. The van der Waals surface area contributed by atoms with Crippen LogP contribution >= 0.6 is 0 Å². The van der Waals surface area contributed by atoms with E-state index in [0.717, 1.165) is 17.2 Å². The summed E-state index contributed by atoms with van der Waals surface area (Å²) in [6.07, 6.45) is 7.04. The van der Waals surface area contributed by atoms with E-state index < -0.39 is 17.5 Å². The Labute approximate surface area is 183 Å². The highest BCUT2D eigenvalue weighted by Crippen LogP contribution is 2.24. The maximum atomic E-state index is 13.8. The zero-order valence-electron chi connectivity index (χ0n) is 17.1. The van der Waals surface area contributed by atoms with Crippen LogP contribution in [-0.2, 0) is 0 Å². The highest BCUT2D eigenvalue weighted by molar-refractivity contribution is 5.84. The highest BCUT2D eigenvalue weighted by Gasteiger charge is 2.13. The zero-order chi connectivity index (χ0) is 22.5. The van der Waals surface area contributed by atoms with Crippen LogP contribution in [0, 0.1) is 29.3 Å². The lowest BCUT2D eigenvalue weighted by atomic mass is 10.1. The van der Waals surface area contributed by atoms with Crippen LogP contribution in [0.15, 0.2) is 73.1 Å². The Bertz CT molecular complexity index is 1350. The van der Waals surface area contributed by atoms with Crippen LogP contribution in [0.25, 0.3) is 22.2 Å². The molecule has 0 saturated heterocycles. The van der Waals surface area contributed by atoms with Crippen molar-refractivity contribution in [3.8, 4) is 29.0 Å². The van der Waals surface area contributed by atoms with Crippen molar-refractivity contribution < 1.29 is 17.9 Å². The summed E-state index contributed by atoms with van der Waals surface area (Å²) in [5.74, 6) is 3.21. The maximum Gasteiger partial charge on any atom is 0.195 e. The lowest BCUT2D eigenvalue weighted by Gasteiger charge is -2.04. The Kier molecular flexibility index (Phi) is 6.18. The smallest absolute Gasteiger partial charge is 0.195 e. The average Bonchev–Trinajstić information content (AvgIpc) is 2.82. The second kappa shape index (κ2) is 9.36. The molecule has 4 rings (SSSR count). The standard InChI is InChI=1S/C26H17F3N2O/c1-2-3-12-32-21-15-30-26(31-16-21)19-9-6-17(7-10-19)4-5-18-8-11-22-20(13-18)14-23(27)25(29)24(22)28/h2-3,6-11,13-16H,12H2,1H3/b3-2+. The first-order valence-electron chi connectivity index (χ1n) is 9.81. The summed E-state index contributed by atoms with van der Waals surface area (Å²) in [5, 5.41) is 0.260. The molecule has 32 heavy (non-hydrogen) atoms. The van der Waals surface area contributed by atoms with Gasteiger partial charge in [-0.25, -0.2) is 23.1 Å². The van der Waals surface area contributed by atoms with E-state index in [1.54, 1.807) is 18.5 Å². The third kappa shape index (κ3) is 4.62. The molecule has 0 radical (unpaired) electrons. The Hall–Kier alpha value is -4.11. The van der Waals surface area contributed by atoms with Gasteiger partial charge in [0.25, 0.3) is 0 Å². The van der Waals surface area contributed by atoms with E-state index in [1.165, 1.54) is 12.1 Å². The molecule has 0 aliphatic carbocycles. The minimum Gasteiger partial charge on any atom is -0.486 e. The van der Waals surface area contributed by atoms with E-state index in [2.05, 4.69) is 21.8 Å². The van der Waals surface area contributed by atoms with E-state index >= 15 is 0 Å². The molecular weight excluding hydrogens is 413 g/mol. The van der Waals surface area contributed by atoms with Crippen molar-refractivity contribution in [2.45, 2.75) is 6.92 Å². The molecule has 0 saturated carbocycles. The quantitative estimate of drug-likeness (QED) is 0.224. The molecule has 1 heterocycles. The first-order valence-corrected chi connectivity index (χ1v) is 9.81. The van der Waals surface area contributed by atoms with E-state index in [1.807, 2.05) is 43.3 Å². The van der Waals surface area contributed by atoms with Crippen LogP contribution in [-0.4, -0.2) is 16.6 Å².